The molecule has 0 N–H and O–H groups in total. The zero-order valence-electron chi connectivity index (χ0n) is 6.42. The number of hydrogen-bond acceptors (Lipinski definition) is 2. The standard InChI is InChI=1S/C8H7ClFNO/c1-12-11-8(9)6-2-4-7(10)5-3-6/h2-5H,1H3/b11-8-. The fourth-order valence-electron chi connectivity index (χ4n) is 0.720. The third-order valence-corrected chi connectivity index (χ3v) is 1.54. The van der Waals surface area contributed by atoms with Gasteiger partial charge < -0.3 is 4.84 Å². The van der Waals surface area contributed by atoms with Crippen LogP contribution in [0, 0.1) is 5.82 Å². The summed E-state index contributed by atoms with van der Waals surface area (Å²) < 4.78 is 12.4. The molecule has 0 saturated carbocycles. The zero-order valence-corrected chi connectivity index (χ0v) is 7.18. The lowest BCUT2D eigenvalue weighted by atomic mass is 10.2. The summed E-state index contributed by atoms with van der Waals surface area (Å²) in [4.78, 5) is 4.45. The van der Waals surface area contributed by atoms with E-state index in [1.54, 1.807) is 0 Å². The van der Waals surface area contributed by atoms with Crippen LogP contribution in [0.5, 0.6) is 0 Å². The van der Waals surface area contributed by atoms with Crippen molar-refractivity contribution in [3.63, 3.8) is 0 Å². The minimum absolute atomic E-state index is 0.206. The molecule has 1 aromatic rings. The molecule has 0 unspecified atom stereocenters. The molecule has 64 valence electrons. The molecule has 0 fully saturated rings. The van der Waals surface area contributed by atoms with E-state index in [0.29, 0.717) is 5.56 Å². The average molecular weight is 188 g/mol. The summed E-state index contributed by atoms with van der Waals surface area (Å²) in [5.74, 6) is -0.305. The summed E-state index contributed by atoms with van der Waals surface area (Å²) in [6.45, 7) is 0. The Kier molecular flexibility index (Phi) is 3.05. The number of hydrogen-bond donors (Lipinski definition) is 0. The molecule has 0 heterocycles. The molecule has 0 atom stereocenters. The molecule has 0 aliphatic carbocycles. The van der Waals surface area contributed by atoms with E-state index >= 15 is 0 Å². The Morgan fingerprint density at radius 1 is 1.42 bits per heavy atom. The Morgan fingerprint density at radius 2 is 2.00 bits per heavy atom. The number of benzene rings is 1. The molecule has 2 nitrogen and oxygen atoms in total. The van der Waals surface area contributed by atoms with Gasteiger partial charge in [0.25, 0.3) is 0 Å². The van der Waals surface area contributed by atoms with Crippen LogP contribution in [-0.4, -0.2) is 12.3 Å². The lowest BCUT2D eigenvalue weighted by Gasteiger charge is -1.96. The molecule has 0 aromatic heterocycles. The lowest BCUT2D eigenvalue weighted by Crippen LogP contribution is -1.91. The van der Waals surface area contributed by atoms with Gasteiger partial charge in [0.2, 0.25) is 0 Å². The SMILES string of the molecule is CO/N=C(\Cl)c1ccc(F)cc1. The summed E-state index contributed by atoms with van der Waals surface area (Å²) >= 11 is 5.66. The monoisotopic (exact) mass is 187 g/mol. The second kappa shape index (κ2) is 4.07. The van der Waals surface area contributed by atoms with Crippen molar-refractivity contribution in [3.8, 4) is 0 Å². The number of nitrogens with zero attached hydrogens (tertiary/aromatic N) is 1. The van der Waals surface area contributed by atoms with Crippen LogP contribution in [-0.2, 0) is 4.84 Å². The average Bonchev–Trinajstić information content (AvgIpc) is 2.06. The van der Waals surface area contributed by atoms with Gasteiger partial charge in [-0.1, -0.05) is 16.8 Å². The van der Waals surface area contributed by atoms with E-state index in [4.69, 9.17) is 11.6 Å². The van der Waals surface area contributed by atoms with Crippen molar-refractivity contribution >= 4 is 16.8 Å². The zero-order chi connectivity index (χ0) is 8.97. The molecule has 12 heavy (non-hydrogen) atoms. The van der Waals surface area contributed by atoms with Gasteiger partial charge in [0, 0.05) is 5.56 Å². The van der Waals surface area contributed by atoms with Crippen LogP contribution in [0.15, 0.2) is 29.4 Å². The smallest absolute Gasteiger partial charge is 0.175 e. The van der Waals surface area contributed by atoms with Gasteiger partial charge >= 0.3 is 0 Å². The van der Waals surface area contributed by atoms with Gasteiger partial charge in [-0.2, -0.15) is 0 Å². The van der Waals surface area contributed by atoms with Crippen molar-refractivity contribution < 1.29 is 9.23 Å². The van der Waals surface area contributed by atoms with Gasteiger partial charge in [0.1, 0.15) is 12.9 Å². The number of oxime groups is 1. The van der Waals surface area contributed by atoms with E-state index in [9.17, 15) is 4.39 Å². The van der Waals surface area contributed by atoms with E-state index in [2.05, 4.69) is 9.99 Å². The van der Waals surface area contributed by atoms with Crippen molar-refractivity contribution in [2.24, 2.45) is 5.16 Å². The van der Waals surface area contributed by atoms with Crippen LogP contribution in [0.2, 0.25) is 0 Å². The van der Waals surface area contributed by atoms with Crippen LogP contribution in [0.1, 0.15) is 5.56 Å². The van der Waals surface area contributed by atoms with Gasteiger partial charge in [0.15, 0.2) is 5.17 Å². The summed E-state index contributed by atoms with van der Waals surface area (Å²) in [5, 5.41) is 3.69. The van der Waals surface area contributed by atoms with E-state index < -0.39 is 0 Å². The van der Waals surface area contributed by atoms with Gasteiger partial charge in [-0.15, -0.1) is 0 Å². The quantitative estimate of drug-likeness (QED) is 0.515. The highest BCUT2D eigenvalue weighted by Gasteiger charge is 1.99. The fraction of sp³-hybridized carbons (Fsp3) is 0.125. The number of halogens is 2. The normalized spacial score (nSPS) is 11.4. The molecule has 0 radical (unpaired) electrons. The minimum atomic E-state index is -0.305. The molecule has 4 heteroatoms. The van der Waals surface area contributed by atoms with Gasteiger partial charge in [-0.25, -0.2) is 4.39 Å². The van der Waals surface area contributed by atoms with Crippen LogP contribution in [0.4, 0.5) is 4.39 Å². The second-order valence-electron chi connectivity index (χ2n) is 2.07. The highest BCUT2D eigenvalue weighted by atomic mass is 35.5. The van der Waals surface area contributed by atoms with Crippen molar-refractivity contribution in [2.75, 3.05) is 7.11 Å². The van der Waals surface area contributed by atoms with Crippen LogP contribution in [0.25, 0.3) is 0 Å². The van der Waals surface area contributed by atoms with E-state index in [1.165, 1.54) is 31.4 Å². The molecule has 0 spiro atoms. The third kappa shape index (κ3) is 2.20. The molecule has 0 amide bonds. The van der Waals surface area contributed by atoms with Crippen LogP contribution < -0.4 is 0 Å². The first-order valence-electron chi connectivity index (χ1n) is 3.26. The summed E-state index contributed by atoms with van der Waals surface area (Å²) in [6.07, 6.45) is 0. The predicted molar refractivity (Wildman–Crippen MR) is 45.8 cm³/mol. The Balaban J connectivity index is 2.89. The van der Waals surface area contributed by atoms with Crippen LogP contribution >= 0.6 is 11.6 Å². The molecule has 0 aliphatic rings. The number of rotatable bonds is 2. The summed E-state index contributed by atoms with van der Waals surface area (Å²) in [5.41, 5.74) is 0.625. The summed E-state index contributed by atoms with van der Waals surface area (Å²) in [6, 6.07) is 5.67. The fourth-order valence-corrected chi connectivity index (χ4v) is 0.915. The van der Waals surface area contributed by atoms with Gasteiger partial charge in [0.05, 0.1) is 0 Å². The van der Waals surface area contributed by atoms with Crippen molar-refractivity contribution in [1.82, 2.24) is 0 Å². The van der Waals surface area contributed by atoms with Crippen LogP contribution in [0.3, 0.4) is 0 Å². The topological polar surface area (TPSA) is 21.6 Å². The molecule has 0 saturated heterocycles. The van der Waals surface area contributed by atoms with Gasteiger partial charge in [-0.3, -0.25) is 0 Å². The molecular weight excluding hydrogens is 181 g/mol. The second-order valence-corrected chi connectivity index (χ2v) is 2.43. The Labute approximate surface area is 74.6 Å². The lowest BCUT2D eigenvalue weighted by molar-refractivity contribution is 0.214. The van der Waals surface area contributed by atoms with Crippen molar-refractivity contribution in [2.45, 2.75) is 0 Å². The van der Waals surface area contributed by atoms with E-state index in [-0.39, 0.29) is 11.0 Å². The molecule has 0 bridgehead atoms. The molecular formula is C8H7ClFNO. The first-order valence-corrected chi connectivity index (χ1v) is 3.64. The first kappa shape index (κ1) is 9.00. The predicted octanol–water partition coefficient (Wildman–Crippen LogP) is 2.37. The Bertz CT molecular complexity index is 284. The maximum absolute atomic E-state index is 12.4. The molecule has 1 aromatic carbocycles. The Hall–Kier alpha value is -1.09. The third-order valence-electron chi connectivity index (χ3n) is 1.25. The van der Waals surface area contributed by atoms with Crippen molar-refractivity contribution in [1.29, 1.82) is 0 Å². The molecule has 0 aliphatic heterocycles. The highest BCUT2D eigenvalue weighted by molar-refractivity contribution is 6.69. The first-order chi connectivity index (χ1) is 5.74. The largest absolute Gasteiger partial charge is 0.398 e. The minimum Gasteiger partial charge on any atom is -0.398 e. The Morgan fingerprint density at radius 3 is 2.50 bits per heavy atom. The molecule has 1 rings (SSSR count). The van der Waals surface area contributed by atoms with Crippen molar-refractivity contribution in [3.05, 3.63) is 35.6 Å². The maximum atomic E-state index is 12.4. The maximum Gasteiger partial charge on any atom is 0.175 e. The van der Waals surface area contributed by atoms with E-state index in [1.807, 2.05) is 0 Å². The van der Waals surface area contributed by atoms with Gasteiger partial charge in [-0.05, 0) is 24.3 Å². The highest BCUT2D eigenvalue weighted by Crippen LogP contribution is 2.06. The van der Waals surface area contributed by atoms with E-state index in [0.717, 1.165) is 0 Å². The summed E-state index contributed by atoms with van der Waals surface area (Å²) in [7, 11) is 1.39.